The zero-order valence-corrected chi connectivity index (χ0v) is 9.68. The maximum atomic E-state index is 2.99. The molecular weight excluding hydrogens is 239 g/mol. The summed E-state index contributed by atoms with van der Waals surface area (Å²) < 4.78 is 5.71. The molecule has 0 aromatic carbocycles. The molecule has 3 heteroatoms. The summed E-state index contributed by atoms with van der Waals surface area (Å²) in [4.78, 5) is 0. The first-order valence-corrected chi connectivity index (χ1v) is 5.11. The number of nitrogens with zero attached hydrogens (tertiary/aromatic N) is 2. The molecule has 12 heavy (non-hydrogen) atoms. The monoisotopic (exact) mass is 255 g/mol. The van der Waals surface area contributed by atoms with E-state index in [0.29, 0.717) is 12.1 Å². The number of aromatic nitrogens is 2. The van der Waals surface area contributed by atoms with Crippen molar-refractivity contribution in [1.82, 2.24) is 9.13 Å². The van der Waals surface area contributed by atoms with Crippen LogP contribution >= 0.6 is 0 Å². The molecule has 1 aromatic heterocycles. The molecule has 0 aliphatic heterocycles. The summed E-state index contributed by atoms with van der Waals surface area (Å²) in [5, 5.41) is 0. The average molecular weight is 255 g/mol. The van der Waals surface area contributed by atoms with Crippen LogP contribution in [0.2, 0.25) is 0 Å². The van der Waals surface area contributed by atoms with E-state index < -0.39 is 0 Å². The maximum absolute atomic E-state index is 2.99. The Morgan fingerprint density at radius 2 is 1.33 bits per heavy atom. The molecule has 1 aromatic rings. The molecule has 0 amide bonds. The minimum atomic E-state index is 0.533. The Morgan fingerprint density at radius 1 is 1.00 bits per heavy atom. The van der Waals surface area contributed by atoms with Gasteiger partial charge in [0, 0.05) is 0 Å². The normalized spacial score (nSPS) is 11.6. The summed E-state index contributed by atoms with van der Waals surface area (Å²) in [6.45, 7) is 8.75. The van der Waals surface area contributed by atoms with Crippen molar-refractivity contribution in [2.24, 2.45) is 0 Å². The van der Waals surface area contributed by atoms with Crippen LogP contribution in [0.3, 0.4) is 0 Å². The van der Waals surface area contributed by atoms with E-state index in [1.807, 2.05) is 0 Å². The summed E-state index contributed by atoms with van der Waals surface area (Å²) in [6, 6.07) is 1.07. The van der Waals surface area contributed by atoms with Crippen molar-refractivity contribution >= 4 is 0 Å². The molecule has 0 fully saturated rings. The van der Waals surface area contributed by atoms with Crippen molar-refractivity contribution in [2.75, 3.05) is 0 Å². The zero-order chi connectivity index (χ0) is 9.30. The average Bonchev–Trinajstić information content (AvgIpc) is 2.30. The number of hydrogen-bond acceptors (Lipinski definition) is 0. The van der Waals surface area contributed by atoms with Crippen LogP contribution in [-0.2, 0) is 17.9 Å². The first kappa shape index (κ1) is 9.92. The van der Waals surface area contributed by atoms with Gasteiger partial charge in [-0.15, -0.1) is 0 Å². The van der Waals surface area contributed by atoms with E-state index >= 15 is 0 Å². The van der Waals surface area contributed by atoms with Gasteiger partial charge in [-0.05, 0) is 0 Å². The summed E-state index contributed by atoms with van der Waals surface area (Å²) in [6.07, 6.45) is 4.25. The predicted molar refractivity (Wildman–Crippen MR) is 46.4 cm³/mol. The standard InChI is InChI=1S/C9H16N2.Rh/c1-8(2)10-5-6-11(7-10)9(3)4;/h5-6,8-9H,1-4H3;. The van der Waals surface area contributed by atoms with Crippen molar-refractivity contribution < 1.29 is 17.9 Å². The summed E-state index contributed by atoms with van der Waals surface area (Å²) in [5.41, 5.74) is 0. The van der Waals surface area contributed by atoms with Crippen molar-refractivity contribution in [2.45, 2.75) is 39.8 Å². The van der Waals surface area contributed by atoms with Crippen LogP contribution in [0, 0.1) is 4.01 Å². The SMILES string of the molecule is CC(C)n1ccn(C(C)C)[c]1=[Rh]. The van der Waals surface area contributed by atoms with Gasteiger partial charge in [0.2, 0.25) is 0 Å². The third-order valence-electron chi connectivity index (χ3n) is 1.90. The first-order chi connectivity index (χ1) is 5.54. The molecule has 0 saturated carbocycles. The predicted octanol–water partition coefficient (Wildman–Crippen LogP) is 2.53. The molecule has 0 aliphatic carbocycles. The van der Waals surface area contributed by atoms with Crippen LogP contribution in [0.15, 0.2) is 12.4 Å². The number of rotatable bonds is 2. The third kappa shape index (κ3) is 1.77. The number of imidazole rings is 1. The van der Waals surface area contributed by atoms with E-state index in [2.05, 4.69) is 67.1 Å². The Kier molecular flexibility index (Phi) is 3.06. The van der Waals surface area contributed by atoms with Crippen LogP contribution in [0.1, 0.15) is 39.8 Å². The Morgan fingerprint density at radius 3 is 1.50 bits per heavy atom. The molecule has 0 unspecified atom stereocenters. The van der Waals surface area contributed by atoms with Gasteiger partial charge in [0.15, 0.2) is 0 Å². The Hall–Kier alpha value is -0.167. The third-order valence-corrected chi connectivity index (χ3v) is 2.75. The van der Waals surface area contributed by atoms with Crippen LogP contribution in [0.5, 0.6) is 0 Å². The zero-order valence-electron chi connectivity index (χ0n) is 8.04. The summed E-state index contributed by atoms with van der Waals surface area (Å²) >= 11 is 2.99. The molecule has 0 spiro atoms. The van der Waals surface area contributed by atoms with E-state index in [0.717, 1.165) is 0 Å². The van der Waals surface area contributed by atoms with E-state index in [9.17, 15) is 0 Å². The van der Waals surface area contributed by atoms with Crippen LogP contribution in [0.4, 0.5) is 0 Å². The van der Waals surface area contributed by atoms with E-state index in [1.165, 1.54) is 4.01 Å². The molecule has 0 radical (unpaired) electrons. The van der Waals surface area contributed by atoms with Crippen molar-refractivity contribution in [3.05, 3.63) is 16.4 Å². The fraction of sp³-hybridized carbons (Fsp3) is 0.667. The minimum absolute atomic E-state index is 0.533. The van der Waals surface area contributed by atoms with E-state index in [1.54, 1.807) is 0 Å². The second-order valence-electron chi connectivity index (χ2n) is 3.55. The van der Waals surface area contributed by atoms with Crippen LogP contribution in [-0.4, -0.2) is 9.13 Å². The van der Waals surface area contributed by atoms with Gasteiger partial charge in [-0.3, -0.25) is 0 Å². The number of hydrogen-bond donors (Lipinski definition) is 0. The van der Waals surface area contributed by atoms with E-state index in [-0.39, 0.29) is 0 Å². The fourth-order valence-corrected chi connectivity index (χ4v) is 2.23. The topological polar surface area (TPSA) is 9.86 Å². The van der Waals surface area contributed by atoms with Gasteiger partial charge in [0.05, 0.1) is 0 Å². The summed E-state index contributed by atoms with van der Waals surface area (Å²) in [5.74, 6) is 0. The van der Waals surface area contributed by atoms with Gasteiger partial charge in [0.1, 0.15) is 0 Å². The summed E-state index contributed by atoms with van der Waals surface area (Å²) in [7, 11) is 0. The molecule has 0 atom stereocenters. The molecule has 1 rings (SSSR count). The van der Waals surface area contributed by atoms with Gasteiger partial charge < -0.3 is 0 Å². The van der Waals surface area contributed by atoms with Crippen molar-refractivity contribution in [1.29, 1.82) is 0 Å². The molecule has 1 heterocycles. The second-order valence-corrected chi connectivity index (χ2v) is 4.28. The molecule has 2 nitrogen and oxygen atoms in total. The first-order valence-electron chi connectivity index (χ1n) is 4.29. The molecule has 71 valence electrons. The Bertz CT molecular complexity index is 278. The van der Waals surface area contributed by atoms with Gasteiger partial charge in [-0.1, -0.05) is 0 Å². The van der Waals surface area contributed by atoms with Crippen LogP contribution in [0.25, 0.3) is 0 Å². The molecule has 0 N–H and O–H groups in total. The van der Waals surface area contributed by atoms with Crippen LogP contribution < -0.4 is 0 Å². The second kappa shape index (κ2) is 3.70. The van der Waals surface area contributed by atoms with Gasteiger partial charge in [-0.25, -0.2) is 0 Å². The molecular formula is C9H16N2Rh. The van der Waals surface area contributed by atoms with Gasteiger partial charge in [-0.2, -0.15) is 0 Å². The van der Waals surface area contributed by atoms with Gasteiger partial charge >= 0.3 is 83.2 Å². The van der Waals surface area contributed by atoms with Crippen molar-refractivity contribution in [3.8, 4) is 0 Å². The van der Waals surface area contributed by atoms with Crippen molar-refractivity contribution in [3.63, 3.8) is 0 Å². The molecule has 0 saturated heterocycles. The van der Waals surface area contributed by atoms with Gasteiger partial charge in [0.25, 0.3) is 0 Å². The van der Waals surface area contributed by atoms with E-state index in [4.69, 9.17) is 0 Å². The quantitative estimate of drug-likeness (QED) is 0.719. The Balaban J connectivity index is 3.14. The fourth-order valence-electron chi connectivity index (χ4n) is 1.14. The molecule has 0 bridgehead atoms. The Labute approximate surface area is 83.4 Å². The molecule has 0 aliphatic rings.